The van der Waals surface area contributed by atoms with Crippen molar-refractivity contribution in [1.82, 2.24) is 0 Å². The first kappa shape index (κ1) is 14.0. The molecule has 1 aromatic carbocycles. The second-order valence-electron chi connectivity index (χ2n) is 4.80. The Morgan fingerprint density at radius 1 is 1.29 bits per heavy atom. The molecule has 96 valence electrons. The summed E-state index contributed by atoms with van der Waals surface area (Å²) in [6.07, 6.45) is 1.98. The summed E-state index contributed by atoms with van der Waals surface area (Å²) in [5, 5.41) is 8.42. The highest BCUT2D eigenvalue weighted by Gasteiger charge is 2.20. The lowest BCUT2D eigenvalue weighted by atomic mass is 9.98. The van der Waals surface area contributed by atoms with Gasteiger partial charge in [-0.25, -0.2) is 13.6 Å². The van der Waals surface area contributed by atoms with E-state index in [2.05, 4.69) is 12.2 Å². The molecule has 1 aromatic rings. The Bertz CT molecular complexity index is 481. The monoisotopic (exact) mass is 256 g/mol. The van der Waals surface area contributed by atoms with Crippen LogP contribution in [0.15, 0.2) is 29.2 Å². The standard InChI is InChI=1S/C12H20N2O2S/c1-4-9-12(2,3)14-10-7-5-6-8-11(10)17(13,15)16/h5-8,14H,4,9H2,1-3H3,(H2,13,15,16). The largest absolute Gasteiger partial charge is 0.379 e. The van der Waals surface area contributed by atoms with E-state index in [0.29, 0.717) is 5.69 Å². The molecule has 0 aliphatic rings. The van der Waals surface area contributed by atoms with Crippen molar-refractivity contribution in [3.63, 3.8) is 0 Å². The zero-order chi connectivity index (χ0) is 13.1. The van der Waals surface area contributed by atoms with Crippen LogP contribution >= 0.6 is 0 Å². The zero-order valence-electron chi connectivity index (χ0n) is 10.5. The highest BCUT2D eigenvalue weighted by molar-refractivity contribution is 7.89. The van der Waals surface area contributed by atoms with Crippen molar-refractivity contribution in [2.24, 2.45) is 5.14 Å². The lowest BCUT2D eigenvalue weighted by molar-refractivity contribution is 0.509. The summed E-state index contributed by atoms with van der Waals surface area (Å²) in [6.45, 7) is 6.17. The van der Waals surface area contributed by atoms with Crippen LogP contribution in [0.2, 0.25) is 0 Å². The molecule has 0 heterocycles. The smallest absolute Gasteiger partial charge is 0.240 e. The second kappa shape index (κ2) is 5.06. The molecule has 0 fully saturated rings. The van der Waals surface area contributed by atoms with Gasteiger partial charge >= 0.3 is 0 Å². The molecule has 0 saturated carbocycles. The molecule has 5 heteroatoms. The first-order chi connectivity index (χ1) is 7.76. The van der Waals surface area contributed by atoms with Crippen molar-refractivity contribution in [3.05, 3.63) is 24.3 Å². The van der Waals surface area contributed by atoms with Crippen LogP contribution in [0, 0.1) is 0 Å². The van der Waals surface area contributed by atoms with Crippen LogP contribution in [-0.4, -0.2) is 14.0 Å². The van der Waals surface area contributed by atoms with Crippen LogP contribution in [-0.2, 0) is 10.0 Å². The fourth-order valence-corrected chi connectivity index (χ4v) is 2.56. The van der Waals surface area contributed by atoms with E-state index in [0.717, 1.165) is 12.8 Å². The van der Waals surface area contributed by atoms with Gasteiger partial charge in [-0.2, -0.15) is 0 Å². The van der Waals surface area contributed by atoms with E-state index in [1.54, 1.807) is 18.2 Å². The third kappa shape index (κ3) is 4.02. The Balaban J connectivity index is 3.08. The number of hydrogen-bond donors (Lipinski definition) is 2. The maximum atomic E-state index is 11.4. The molecule has 17 heavy (non-hydrogen) atoms. The first-order valence-electron chi connectivity index (χ1n) is 5.66. The van der Waals surface area contributed by atoms with Gasteiger partial charge in [0.25, 0.3) is 0 Å². The molecule has 0 aliphatic heterocycles. The van der Waals surface area contributed by atoms with Gasteiger partial charge in [0.1, 0.15) is 4.90 Å². The molecule has 0 spiro atoms. The van der Waals surface area contributed by atoms with Gasteiger partial charge in [0.2, 0.25) is 10.0 Å². The number of benzene rings is 1. The summed E-state index contributed by atoms with van der Waals surface area (Å²) >= 11 is 0. The van der Waals surface area contributed by atoms with Crippen molar-refractivity contribution in [2.75, 3.05) is 5.32 Å². The molecule has 0 amide bonds. The van der Waals surface area contributed by atoms with Crippen LogP contribution < -0.4 is 10.5 Å². The predicted molar refractivity (Wildman–Crippen MR) is 70.4 cm³/mol. The summed E-state index contributed by atoms with van der Waals surface area (Å²) in [7, 11) is -3.68. The van der Waals surface area contributed by atoms with Crippen LogP contribution in [0.1, 0.15) is 33.6 Å². The molecule has 4 nitrogen and oxygen atoms in total. The van der Waals surface area contributed by atoms with Crippen LogP contribution in [0.25, 0.3) is 0 Å². The SMILES string of the molecule is CCCC(C)(C)Nc1ccccc1S(N)(=O)=O. The number of nitrogens with two attached hydrogens (primary N) is 1. The molecular weight excluding hydrogens is 236 g/mol. The molecule has 0 aromatic heterocycles. The van der Waals surface area contributed by atoms with Gasteiger partial charge < -0.3 is 5.32 Å². The molecule has 0 unspecified atom stereocenters. The van der Waals surface area contributed by atoms with Crippen LogP contribution in [0.4, 0.5) is 5.69 Å². The van der Waals surface area contributed by atoms with Crippen LogP contribution in [0.3, 0.4) is 0 Å². The van der Waals surface area contributed by atoms with Gasteiger partial charge in [-0.1, -0.05) is 25.5 Å². The van der Waals surface area contributed by atoms with Gasteiger partial charge in [0.15, 0.2) is 0 Å². The molecule has 0 bridgehead atoms. The number of rotatable bonds is 5. The first-order valence-corrected chi connectivity index (χ1v) is 7.21. The summed E-state index contributed by atoms with van der Waals surface area (Å²) in [5.74, 6) is 0. The van der Waals surface area contributed by atoms with Gasteiger partial charge in [-0.15, -0.1) is 0 Å². The van der Waals surface area contributed by atoms with E-state index in [9.17, 15) is 8.42 Å². The Morgan fingerprint density at radius 3 is 2.41 bits per heavy atom. The maximum Gasteiger partial charge on any atom is 0.240 e. The molecular formula is C12H20N2O2S. The van der Waals surface area contributed by atoms with Crippen molar-refractivity contribution in [1.29, 1.82) is 0 Å². The highest BCUT2D eigenvalue weighted by Crippen LogP contribution is 2.25. The quantitative estimate of drug-likeness (QED) is 0.849. The number of nitrogens with one attached hydrogen (secondary N) is 1. The average Bonchev–Trinajstić information content (AvgIpc) is 2.15. The Hall–Kier alpha value is -1.07. The zero-order valence-corrected chi connectivity index (χ0v) is 11.3. The van der Waals surface area contributed by atoms with E-state index < -0.39 is 10.0 Å². The predicted octanol–water partition coefficient (Wildman–Crippen LogP) is 2.32. The second-order valence-corrected chi connectivity index (χ2v) is 6.33. The highest BCUT2D eigenvalue weighted by atomic mass is 32.2. The third-order valence-corrected chi connectivity index (χ3v) is 3.51. The lowest BCUT2D eigenvalue weighted by Crippen LogP contribution is -2.31. The Labute approximate surface area is 103 Å². The van der Waals surface area contributed by atoms with E-state index in [4.69, 9.17) is 5.14 Å². The van der Waals surface area contributed by atoms with E-state index in [-0.39, 0.29) is 10.4 Å². The summed E-state index contributed by atoms with van der Waals surface area (Å²) in [5.41, 5.74) is 0.406. The summed E-state index contributed by atoms with van der Waals surface area (Å²) in [6, 6.07) is 6.70. The van der Waals surface area contributed by atoms with Crippen molar-refractivity contribution >= 4 is 15.7 Å². The maximum absolute atomic E-state index is 11.4. The topological polar surface area (TPSA) is 72.2 Å². The van der Waals surface area contributed by atoms with E-state index in [1.165, 1.54) is 6.07 Å². The number of primary sulfonamides is 1. The summed E-state index contributed by atoms with van der Waals surface area (Å²) in [4.78, 5) is 0.143. The lowest BCUT2D eigenvalue weighted by Gasteiger charge is -2.28. The molecule has 1 rings (SSSR count). The van der Waals surface area contributed by atoms with Crippen molar-refractivity contribution in [3.8, 4) is 0 Å². The Kier molecular flexibility index (Phi) is 4.16. The van der Waals surface area contributed by atoms with Crippen LogP contribution in [0.5, 0.6) is 0 Å². The normalized spacial score (nSPS) is 12.5. The van der Waals surface area contributed by atoms with E-state index in [1.807, 2.05) is 13.8 Å². The molecule has 0 atom stereocenters. The fraction of sp³-hybridized carbons (Fsp3) is 0.500. The average molecular weight is 256 g/mol. The summed E-state index contributed by atoms with van der Waals surface area (Å²) < 4.78 is 22.9. The van der Waals surface area contributed by atoms with Crippen molar-refractivity contribution in [2.45, 2.75) is 44.0 Å². The molecule has 0 radical (unpaired) electrons. The van der Waals surface area contributed by atoms with Gasteiger partial charge in [0.05, 0.1) is 5.69 Å². The number of para-hydroxylation sites is 1. The van der Waals surface area contributed by atoms with Crippen molar-refractivity contribution < 1.29 is 8.42 Å². The van der Waals surface area contributed by atoms with Gasteiger partial charge in [-0.3, -0.25) is 0 Å². The number of anilines is 1. The molecule has 0 saturated heterocycles. The fourth-order valence-electron chi connectivity index (χ4n) is 1.87. The minimum atomic E-state index is -3.68. The van der Waals surface area contributed by atoms with Gasteiger partial charge in [0, 0.05) is 5.54 Å². The third-order valence-electron chi connectivity index (χ3n) is 2.54. The van der Waals surface area contributed by atoms with Gasteiger partial charge in [-0.05, 0) is 32.4 Å². The minimum absolute atomic E-state index is 0.143. The number of sulfonamides is 1. The van der Waals surface area contributed by atoms with E-state index >= 15 is 0 Å². The Morgan fingerprint density at radius 2 is 1.88 bits per heavy atom. The minimum Gasteiger partial charge on any atom is -0.379 e. The molecule has 0 aliphatic carbocycles. The number of hydrogen-bond acceptors (Lipinski definition) is 3. The molecule has 3 N–H and O–H groups in total.